The van der Waals surface area contributed by atoms with E-state index >= 15 is 0 Å². The van der Waals surface area contributed by atoms with Crippen LogP contribution < -0.4 is 19.6 Å². The van der Waals surface area contributed by atoms with Gasteiger partial charge in [0.25, 0.3) is 5.56 Å². The average Bonchev–Trinajstić information content (AvgIpc) is 3.60. The van der Waals surface area contributed by atoms with E-state index in [-0.39, 0.29) is 12.2 Å². The van der Waals surface area contributed by atoms with Gasteiger partial charge in [-0.1, -0.05) is 96.9 Å². The first-order valence-electron chi connectivity index (χ1n) is 16.0. The van der Waals surface area contributed by atoms with Crippen LogP contribution in [0.2, 0.25) is 5.02 Å². The van der Waals surface area contributed by atoms with Gasteiger partial charge >= 0.3 is 5.97 Å². The summed E-state index contributed by atoms with van der Waals surface area (Å²) in [7, 11) is 1.56. The Hall–Kier alpha value is -4.92. The number of rotatable bonds is 9. The molecule has 0 radical (unpaired) electrons. The third-order valence-corrected chi connectivity index (χ3v) is 9.92. The topological polar surface area (TPSA) is 74.8 Å². The summed E-state index contributed by atoms with van der Waals surface area (Å²) in [6.07, 6.45) is 5.34. The number of hydrogen-bond acceptors (Lipinski definition) is 6. The molecule has 0 spiro atoms. The maximum absolute atomic E-state index is 14.5. The molecule has 0 fully saturated rings. The molecule has 1 atom stereocenters. The van der Waals surface area contributed by atoms with Gasteiger partial charge in [-0.3, -0.25) is 9.36 Å². The highest BCUT2D eigenvalue weighted by Crippen LogP contribution is 2.38. The van der Waals surface area contributed by atoms with Crippen LogP contribution in [0.1, 0.15) is 49.4 Å². The zero-order valence-electron chi connectivity index (χ0n) is 26.9. The number of ether oxygens (including phenoxy) is 2. The third-order valence-electron chi connectivity index (χ3n) is 8.71. The van der Waals surface area contributed by atoms with Crippen molar-refractivity contribution >= 4 is 56.7 Å². The largest absolute Gasteiger partial charge is 0.496 e. The Labute approximate surface area is 286 Å². The lowest BCUT2D eigenvalue weighted by atomic mass is 9.93. The molecule has 48 heavy (non-hydrogen) atoms. The summed E-state index contributed by atoms with van der Waals surface area (Å²) >= 11 is 7.81. The molecule has 0 N–H and O–H groups in total. The van der Waals surface area contributed by atoms with Crippen LogP contribution >= 0.6 is 22.9 Å². The summed E-state index contributed by atoms with van der Waals surface area (Å²) in [5.41, 5.74) is 4.47. The Kier molecular flexibility index (Phi) is 8.77. The summed E-state index contributed by atoms with van der Waals surface area (Å²) in [5.74, 6) is -0.00227. The van der Waals surface area contributed by atoms with Crippen molar-refractivity contribution in [3.8, 4) is 5.75 Å². The van der Waals surface area contributed by atoms with Crippen LogP contribution in [0, 0.1) is 0 Å². The molecule has 242 valence electrons. The second kappa shape index (κ2) is 13.3. The molecule has 1 aliphatic rings. The van der Waals surface area contributed by atoms with Crippen molar-refractivity contribution in [2.75, 3.05) is 13.7 Å². The van der Waals surface area contributed by atoms with Gasteiger partial charge in [0.2, 0.25) is 0 Å². The van der Waals surface area contributed by atoms with Gasteiger partial charge in [-0.2, -0.15) is 0 Å². The Balaban J connectivity index is 1.42. The van der Waals surface area contributed by atoms with Crippen LogP contribution in [-0.2, 0) is 16.1 Å². The molecule has 6 aromatic rings. The maximum Gasteiger partial charge on any atom is 0.338 e. The normalized spacial score (nSPS) is 14.8. The molecule has 0 bridgehead atoms. The molecule has 0 saturated heterocycles. The van der Waals surface area contributed by atoms with E-state index in [0.717, 1.165) is 22.9 Å². The minimum atomic E-state index is -0.828. The van der Waals surface area contributed by atoms with Gasteiger partial charge in [0.1, 0.15) is 11.8 Å². The van der Waals surface area contributed by atoms with Crippen molar-refractivity contribution in [2.45, 2.75) is 39.3 Å². The number of hydrogen-bond donors (Lipinski definition) is 0. The summed E-state index contributed by atoms with van der Waals surface area (Å²) < 4.78 is 15.6. The summed E-state index contributed by atoms with van der Waals surface area (Å²) in [5, 5.41) is 3.91. The number of carbonyl (C=O) groups is 1. The molecule has 0 saturated carbocycles. The third kappa shape index (κ3) is 5.65. The average molecular weight is 676 g/mol. The molecule has 4 aromatic carbocycles. The lowest BCUT2D eigenvalue weighted by molar-refractivity contribution is -0.139. The second-order valence-corrected chi connectivity index (χ2v) is 13.1. The molecule has 7 rings (SSSR count). The van der Waals surface area contributed by atoms with Crippen molar-refractivity contribution < 1.29 is 14.3 Å². The highest BCUT2D eigenvalue weighted by Gasteiger charge is 2.36. The molecular formula is C39H34ClN3O4S. The molecule has 1 aliphatic heterocycles. The fraction of sp³-hybridized carbons (Fsp3) is 0.205. The fourth-order valence-corrected chi connectivity index (χ4v) is 7.80. The molecule has 0 unspecified atom stereocenters. The number of aromatic nitrogens is 2. The van der Waals surface area contributed by atoms with E-state index in [1.165, 1.54) is 27.7 Å². The predicted octanol–water partition coefficient (Wildman–Crippen LogP) is 7.40. The zero-order chi connectivity index (χ0) is 33.4. The molecule has 0 amide bonds. The fourth-order valence-electron chi connectivity index (χ4n) is 6.61. The van der Waals surface area contributed by atoms with E-state index in [0.29, 0.717) is 49.9 Å². The zero-order valence-corrected chi connectivity index (χ0v) is 28.5. The Morgan fingerprint density at radius 1 is 1.00 bits per heavy atom. The number of esters is 1. The number of thiazole rings is 1. The number of methoxy groups -OCH3 is 1. The maximum atomic E-state index is 14.5. The monoisotopic (exact) mass is 675 g/mol. The number of carbonyl (C=O) groups excluding carboxylic acids is 1. The molecular weight excluding hydrogens is 642 g/mol. The highest BCUT2D eigenvalue weighted by molar-refractivity contribution is 7.07. The van der Waals surface area contributed by atoms with E-state index in [1.54, 1.807) is 36.8 Å². The van der Waals surface area contributed by atoms with Crippen molar-refractivity contribution in [2.24, 2.45) is 4.99 Å². The minimum absolute atomic E-state index is 0.189. The Bertz CT molecular complexity index is 2410. The number of fused-ring (bicyclic) bond motifs is 3. The molecule has 0 aliphatic carbocycles. The van der Waals surface area contributed by atoms with E-state index in [2.05, 4.69) is 65.4 Å². The summed E-state index contributed by atoms with van der Waals surface area (Å²) in [4.78, 5) is 33.5. The van der Waals surface area contributed by atoms with Crippen LogP contribution in [0.15, 0.2) is 112 Å². The number of para-hydroxylation sites is 1. The van der Waals surface area contributed by atoms with Crippen molar-refractivity contribution in [1.29, 1.82) is 0 Å². The van der Waals surface area contributed by atoms with Crippen LogP contribution in [0.5, 0.6) is 5.75 Å². The van der Waals surface area contributed by atoms with Crippen molar-refractivity contribution in [1.82, 2.24) is 9.13 Å². The first kappa shape index (κ1) is 31.7. The van der Waals surface area contributed by atoms with Crippen LogP contribution in [0.3, 0.4) is 0 Å². The first-order valence-corrected chi connectivity index (χ1v) is 17.2. The number of benzene rings is 4. The van der Waals surface area contributed by atoms with Crippen molar-refractivity contribution in [3.05, 3.63) is 144 Å². The van der Waals surface area contributed by atoms with E-state index < -0.39 is 12.0 Å². The lowest BCUT2D eigenvalue weighted by Crippen LogP contribution is -2.40. The van der Waals surface area contributed by atoms with Gasteiger partial charge in [-0.15, -0.1) is 0 Å². The Morgan fingerprint density at radius 2 is 1.77 bits per heavy atom. The number of nitrogens with zero attached hydrogens (tertiary/aromatic N) is 3. The quantitative estimate of drug-likeness (QED) is 0.150. The minimum Gasteiger partial charge on any atom is -0.496 e. The van der Waals surface area contributed by atoms with Gasteiger partial charge in [-0.25, -0.2) is 9.79 Å². The number of allylic oxidation sites excluding steroid dienone is 1. The lowest BCUT2D eigenvalue weighted by Gasteiger charge is -2.27. The molecule has 9 heteroatoms. The van der Waals surface area contributed by atoms with Gasteiger partial charge in [0.15, 0.2) is 4.80 Å². The molecule has 7 nitrogen and oxygen atoms in total. The smallest absolute Gasteiger partial charge is 0.338 e. The van der Waals surface area contributed by atoms with Crippen LogP contribution in [0.25, 0.3) is 27.8 Å². The Morgan fingerprint density at radius 3 is 2.56 bits per heavy atom. The SMILES string of the molecule is CCCC1=C(C(=O)OCC)[C@@H](c2cc(Cl)ccc2OC)n2c(s/c(=C/c3cn(Cc4cccc5ccccc45)c4ccccc34)c2=O)=N1. The molecule has 2 aromatic heterocycles. The van der Waals surface area contributed by atoms with E-state index in [9.17, 15) is 9.59 Å². The van der Waals surface area contributed by atoms with E-state index in [4.69, 9.17) is 26.1 Å². The first-order chi connectivity index (χ1) is 23.4. The predicted molar refractivity (Wildman–Crippen MR) is 193 cm³/mol. The summed E-state index contributed by atoms with van der Waals surface area (Å²) in [6, 6.07) is 27.4. The van der Waals surface area contributed by atoms with Gasteiger partial charge in [0.05, 0.1) is 29.5 Å². The van der Waals surface area contributed by atoms with Gasteiger partial charge in [-0.05, 0) is 60.0 Å². The highest BCUT2D eigenvalue weighted by atomic mass is 35.5. The van der Waals surface area contributed by atoms with Crippen molar-refractivity contribution in [3.63, 3.8) is 0 Å². The van der Waals surface area contributed by atoms with Crippen LogP contribution in [-0.4, -0.2) is 28.8 Å². The number of halogens is 1. The summed E-state index contributed by atoms with van der Waals surface area (Å²) in [6.45, 7) is 4.66. The van der Waals surface area contributed by atoms with Crippen LogP contribution in [0.4, 0.5) is 0 Å². The second-order valence-electron chi connectivity index (χ2n) is 11.7. The van der Waals surface area contributed by atoms with Gasteiger partial charge < -0.3 is 14.0 Å². The standard InChI is InChI=1S/C39H34ClN3O4S/c1-4-11-31-35(38(45)47-5-2)36(30-21-27(40)18-19-33(30)46-3)43-37(44)34(48-39(43)41-31)20-26-23-42(32-17-9-8-16-29(26)32)22-25-14-10-13-24-12-6-7-15-28(24)25/h6-10,12-21,23,36H,4-5,11,22H2,1-3H3/b34-20+/t36-/m1/s1. The van der Waals surface area contributed by atoms with E-state index in [1.807, 2.05) is 25.1 Å². The molecule has 3 heterocycles. The van der Waals surface area contributed by atoms with Gasteiger partial charge in [0, 0.05) is 39.8 Å².